The van der Waals surface area contributed by atoms with Crippen LogP contribution in [0.3, 0.4) is 0 Å². The highest BCUT2D eigenvalue weighted by Crippen LogP contribution is 2.23. The van der Waals surface area contributed by atoms with Gasteiger partial charge >= 0.3 is 0 Å². The van der Waals surface area contributed by atoms with Gasteiger partial charge in [-0.2, -0.15) is 0 Å². The predicted molar refractivity (Wildman–Crippen MR) is 76.8 cm³/mol. The van der Waals surface area contributed by atoms with Crippen LogP contribution in [0, 0.1) is 6.92 Å². The van der Waals surface area contributed by atoms with E-state index >= 15 is 0 Å². The monoisotopic (exact) mass is 254 g/mol. The van der Waals surface area contributed by atoms with Crippen LogP contribution in [0.5, 0.6) is 5.75 Å². The number of ketones is 1. The first-order chi connectivity index (χ1) is 9.08. The Bertz CT molecular complexity index is 585. The molecule has 2 aromatic rings. The van der Waals surface area contributed by atoms with E-state index in [2.05, 4.69) is 0 Å². The molecule has 0 N–H and O–H groups in total. The van der Waals surface area contributed by atoms with E-state index in [0.29, 0.717) is 16.9 Å². The quantitative estimate of drug-likeness (QED) is 0.770. The van der Waals surface area contributed by atoms with Gasteiger partial charge in [0.05, 0.1) is 11.7 Å². The van der Waals surface area contributed by atoms with Gasteiger partial charge < -0.3 is 4.74 Å². The van der Waals surface area contributed by atoms with Crippen LogP contribution in [-0.2, 0) is 0 Å². The molecule has 0 aliphatic heterocycles. The highest BCUT2D eigenvalue weighted by Gasteiger charge is 2.14. The number of hydrogen-bond acceptors (Lipinski definition) is 2. The predicted octanol–water partition coefficient (Wildman–Crippen LogP) is 4.01. The van der Waals surface area contributed by atoms with Gasteiger partial charge in [-0.25, -0.2) is 0 Å². The van der Waals surface area contributed by atoms with Crippen LogP contribution >= 0.6 is 0 Å². The fourth-order valence-corrected chi connectivity index (χ4v) is 1.95. The van der Waals surface area contributed by atoms with Crippen molar-refractivity contribution in [2.75, 3.05) is 0 Å². The minimum absolute atomic E-state index is 0.0000463. The molecule has 0 unspecified atom stereocenters. The Balaban J connectivity index is 2.39. The lowest BCUT2D eigenvalue weighted by Crippen LogP contribution is -2.10. The lowest BCUT2D eigenvalue weighted by molar-refractivity contribution is 0.103. The van der Waals surface area contributed by atoms with Gasteiger partial charge in [-0.15, -0.1) is 0 Å². The number of rotatable bonds is 4. The van der Waals surface area contributed by atoms with E-state index in [-0.39, 0.29) is 11.9 Å². The molecular weight excluding hydrogens is 236 g/mol. The number of para-hydroxylation sites is 1. The first-order valence-corrected chi connectivity index (χ1v) is 6.45. The maximum atomic E-state index is 12.5. The molecule has 0 heterocycles. The van der Waals surface area contributed by atoms with Crippen molar-refractivity contribution < 1.29 is 9.53 Å². The van der Waals surface area contributed by atoms with Gasteiger partial charge in [0, 0.05) is 5.56 Å². The average Bonchev–Trinajstić information content (AvgIpc) is 2.38. The lowest BCUT2D eigenvalue weighted by atomic mass is 10.0. The van der Waals surface area contributed by atoms with Crippen molar-refractivity contribution in [1.29, 1.82) is 0 Å². The molecule has 0 aliphatic carbocycles. The zero-order valence-electron chi connectivity index (χ0n) is 11.5. The molecule has 0 amide bonds. The van der Waals surface area contributed by atoms with E-state index in [4.69, 9.17) is 4.74 Å². The third-order valence-electron chi connectivity index (χ3n) is 2.77. The van der Waals surface area contributed by atoms with Gasteiger partial charge in [-0.3, -0.25) is 4.79 Å². The minimum Gasteiger partial charge on any atom is -0.490 e. The summed E-state index contributed by atoms with van der Waals surface area (Å²) >= 11 is 0. The molecule has 0 atom stereocenters. The molecular formula is C17H18O2. The third-order valence-corrected chi connectivity index (χ3v) is 2.77. The molecule has 98 valence electrons. The SMILES string of the molecule is Cc1cccc(C(=O)c2ccccc2OC(C)C)c1. The van der Waals surface area contributed by atoms with E-state index in [1.54, 1.807) is 0 Å². The molecule has 0 spiro atoms. The molecule has 0 fully saturated rings. The molecule has 0 bridgehead atoms. The molecule has 0 aromatic heterocycles. The molecule has 0 saturated heterocycles. The maximum Gasteiger partial charge on any atom is 0.196 e. The van der Waals surface area contributed by atoms with E-state index in [9.17, 15) is 4.79 Å². The normalized spacial score (nSPS) is 10.5. The maximum absolute atomic E-state index is 12.5. The number of benzene rings is 2. The summed E-state index contributed by atoms with van der Waals surface area (Å²) in [5, 5.41) is 0. The molecule has 2 aromatic carbocycles. The van der Waals surface area contributed by atoms with Crippen LogP contribution in [0.1, 0.15) is 35.3 Å². The summed E-state index contributed by atoms with van der Waals surface area (Å²) in [6, 6.07) is 15.0. The fourth-order valence-electron chi connectivity index (χ4n) is 1.95. The van der Waals surface area contributed by atoms with Crippen LogP contribution in [0.25, 0.3) is 0 Å². The van der Waals surface area contributed by atoms with Crippen molar-refractivity contribution in [1.82, 2.24) is 0 Å². The van der Waals surface area contributed by atoms with E-state index < -0.39 is 0 Å². The number of carbonyl (C=O) groups excluding carboxylic acids is 1. The lowest BCUT2D eigenvalue weighted by Gasteiger charge is -2.13. The molecule has 0 radical (unpaired) electrons. The summed E-state index contributed by atoms with van der Waals surface area (Å²) in [4.78, 5) is 12.5. The third kappa shape index (κ3) is 3.22. The topological polar surface area (TPSA) is 26.3 Å². The van der Waals surface area contributed by atoms with Gasteiger partial charge in [0.2, 0.25) is 0 Å². The van der Waals surface area contributed by atoms with Gasteiger partial charge in [-0.1, -0.05) is 35.9 Å². The average molecular weight is 254 g/mol. The van der Waals surface area contributed by atoms with Gasteiger partial charge in [-0.05, 0) is 39.0 Å². The van der Waals surface area contributed by atoms with Crippen molar-refractivity contribution >= 4 is 5.78 Å². The molecule has 0 saturated carbocycles. The number of ether oxygens (including phenoxy) is 1. The summed E-state index contributed by atoms with van der Waals surface area (Å²) in [5.74, 6) is 0.643. The van der Waals surface area contributed by atoms with Crippen molar-refractivity contribution in [3.8, 4) is 5.75 Å². The van der Waals surface area contributed by atoms with Gasteiger partial charge in [0.15, 0.2) is 5.78 Å². The molecule has 2 nitrogen and oxygen atoms in total. The summed E-state index contributed by atoms with van der Waals surface area (Å²) in [5.41, 5.74) is 2.38. The summed E-state index contributed by atoms with van der Waals surface area (Å²) in [6.07, 6.45) is 0.0476. The van der Waals surface area contributed by atoms with Crippen molar-refractivity contribution in [2.45, 2.75) is 26.9 Å². The van der Waals surface area contributed by atoms with Crippen LogP contribution in [0.4, 0.5) is 0 Å². The van der Waals surface area contributed by atoms with E-state index in [1.165, 1.54) is 0 Å². The zero-order valence-corrected chi connectivity index (χ0v) is 11.5. The number of hydrogen-bond donors (Lipinski definition) is 0. The van der Waals surface area contributed by atoms with Crippen LogP contribution < -0.4 is 4.74 Å². The Morgan fingerprint density at radius 3 is 2.47 bits per heavy atom. The highest BCUT2D eigenvalue weighted by atomic mass is 16.5. The van der Waals surface area contributed by atoms with Crippen LogP contribution in [0.15, 0.2) is 48.5 Å². The Morgan fingerprint density at radius 1 is 1.05 bits per heavy atom. The van der Waals surface area contributed by atoms with Gasteiger partial charge in [0.25, 0.3) is 0 Å². The molecule has 19 heavy (non-hydrogen) atoms. The zero-order chi connectivity index (χ0) is 13.8. The van der Waals surface area contributed by atoms with Crippen molar-refractivity contribution in [3.63, 3.8) is 0 Å². The smallest absolute Gasteiger partial charge is 0.196 e. The van der Waals surface area contributed by atoms with Crippen molar-refractivity contribution in [2.24, 2.45) is 0 Å². The summed E-state index contributed by atoms with van der Waals surface area (Å²) < 4.78 is 5.70. The van der Waals surface area contributed by atoms with E-state index in [0.717, 1.165) is 5.56 Å². The summed E-state index contributed by atoms with van der Waals surface area (Å²) in [7, 11) is 0. The highest BCUT2D eigenvalue weighted by molar-refractivity contribution is 6.10. The standard InChI is InChI=1S/C17H18O2/c1-12(2)19-16-10-5-4-9-15(16)17(18)14-8-6-7-13(3)11-14/h4-12H,1-3H3. The second-order valence-electron chi connectivity index (χ2n) is 4.86. The Labute approximate surface area is 114 Å². The second-order valence-corrected chi connectivity index (χ2v) is 4.86. The second kappa shape index (κ2) is 5.70. The fraction of sp³-hybridized carbons (Fsp3) is 0.235. The van der Waals surface area contributed by atoms with Crippen LogP contribution in [0.2, 0.25) is 0 Å². The number of aryl methyl sites for hydroxylation is 1. The minimum atomic E-state index is -0.0000463. The largest absolute Gasteiger partial charge is 0.490 e. The molecule has 2 heteroatoms. The number of carbonyl (C=O) groups is 1. The molecule has 0 aliphatic rings. The first kappa shape index (κ1) is 13.3. The van der Waals surface area contributed by atoms with Crippen LogP contribution in [-0.4, -0.2) is 11.9 Å². The Morgan fingerprint density at radius 2 is 1.79 bits per heavy atom. The molecule has 2 rings (SSSR count). The summed E-state index contributed by atoms with van der Waals surface area (Å²) in [6.45, 7) is 5.88. The van der Waals surface area contributed by atoms with Crippen molar-refractivity contribution in [3.05, 3.63) is 65.2 Å². The Kier molecular flexibility index (Phi) is 4.00. The first-order valence-electron chi connectivity index (χ1n) is 6.45. The Hall–Kier alpha value is -2.09. The van der Waals surface area contributed by atoms with E-state index in [1.807, 2.05) is 69.3 Å². The van der Waals surface area contributed by atoms with Gasteiger partial charge in [0.1, 0.15) is 5.75 Å².